The van der Waals surface area contributed by atoms with Crippen molar-refractivity contribution >= 4 is 62.4 Å². The fourth-order valence-electron chi connectivity index (χ4n) is 2.09. The third-order valence-corrected chi connectivity index (χ3v) is 6.83. The minimum Gasteiger partial charge on any atom is -0.455 e. The van der Waals surface area contributed by atoms with Gasteiger partial charge >= 0.3 is 5.97 Å². The van der Waals surface area contributed by atoms with Crippen molar-refractivity contribution < 1.29 is 22.7 Å². The van der Waals surface area contributed by atoms with Gasteiger partial charge in [0.05, 0.1) is 17.3 Å². The third kappa shape index (κ3) is 6.51. The first-order valence-electron chi connectivity index (χ1n) is 6.97. The second kappa shape index (κ2) is 8.42. The Morgan fingerprint density at radius 1 is 1.25 bits per heavy atom. The van der Waals surface area contributed by atoms with Crippen molar-refractivity contribution in [1.29, 1.82) is 0 Å². The molecule has 6 nitrogen and oxygen atoms in total. The van der Waals surface area contributed by atoms with Gasteiger partial charge in [0, 0.05) is 21.0 Å². The number of nitrogens with one attached hydrogen (secondary N) is 1. The zero-order chi connectivity index (χ0) is 17.7. The minimum absolute atomic E-state index is 0.0104. The van der Waals surface area contributed by atoms with Crippen LogP contribution in [-0.2, 0) is 24.2 Å². The van der Waals surface area contributed by atoms with Crippen LogP contribution in [-0.4, -0.2) is 49.4 Å². The fourth-order valence-corrected chi connectivity index (χ4v) is 6.05. The number of benzene rings is 1. The summed E-state index contributed by atoms with van der Waals surface area (Å²) in [5, 5.41) is 3.17. The Labute approximate surface area is 154 Å². The molecule has 1 aromatic carbocycles. The number of hydrogen-bond donors (Lipinski definition) is 1. The van der Waals surface area contributed by atoms with Gasteiger partial charge in [-0.1, -0.05) is 23.2 Å². The van der Waals surface area contributed by atoms with Crippen LogP contribution in [0.15, 0.2) is 18.2 Å². The highest BCUT2D eigenvalue weighted by molar-refractivity contribution is 8.02. The van der Waals surface area contributed by atoms with E-state index in [0.717, 1.165) is 0 Å². The van der Waals surface area contributed by atoms with E-state index in [-0.39, 0.29) is 22.5 Å². The molecule has 1 aromatic rings. The lowest BCUT2D eigenvalue weighted by Gasteiger charge is -2.09. The highest BCUT2D eigenvalue weighted by Crippen LogP contribution is 2.24. The quantitative estimate of drug-likeness (QED) is 0.722. The Balaban J connectivity index is 1.70. The van der Waals surface area contributed by atoms with Gasteiger partial charge in [0.1, 0.15) is 0 Å². The molecule has 1 atom stereocenters. The van der Waals surface area contributed by atoms with Gasteiger partial charge in [-0.15, -0.1) is 11.8 Å². The summed E-state index contributed by atoms with van der Waals surface area (Å²) in [5.41, 5.74) is 0.402. The predicted octanol–water partition coefficient (Wildman–Crippen LogP) is 2.40. The first-order valence-corrected chi connectivity index (χ1v) is 10.6. The van der Waals surface area contributed by atoms with E-state index >= 15 is 0 Å². The molecule has 1 saturated heterocycles. The van der Waals surface area contributed by atoms with Crippen LogP contribution in [0.5, 0.6) is 0 Å². The maximum Gasteiger partial charge on any atom is 0.316 e. The highest BCUT2D eigenvalue weighted by Gasteiger charge is 2.28. The number of rotatable bonds is 6. The average Bonchev–Trinajstić information content (AvgIpc) is 2.81. The molecule has 10 heteroatoms. The molecule has 2 rings (SSSR count). The maximum atomic E-state index is 11.7. The van der Waals surface area contributed by atoms with Gasteiger partial charge in [-0.3, -0.25) is 9.59 Å². The van der Waals surface area contributed by atoms with Crippen molar-refractivity contribution in [1.82, 2.24) is 0 Å². The van der Waals surface area contributed by atoms with Crippen LogP contribution in [0.25, 0.3) is 0 Å². The zero-order valence-corrected chi connectivity index (χ0v) is 15.6. The number of sulfone groups is 1. The predicted molar refractivity (Wildman–Crippen MR) is 95.6 cm³/mol. The summed E-state index contributed by atoms with van der Waals surface area (Å²) in [4.78, 5) is 23.3. The van der Waals surface area contributed by atoms with Crippen LogP contribution in [0.3, 0.4) is 0 Å². The summed E-state index contributed by atoms with van der Waals surface area (Å²) in [6.45, 7) is -0.438. The SMILES string of the molecule is O=C(COC(=O)CS[C@H]1CCS(=O)(=O)C1)Nc1cc(Cl)cc(Cl)c1. The van der Waals surface area contributed by atoms with E-state index in [1.165, 1.54) is 30.0 Å². The molecule has 0 saturated carbocycles. The molecule has 0 unspecified atom stereocenters. The van der Waals surface area contributed by atoms with Crippen molar-refractivity contribution in [2.24, 2.45) is 0 Å². The number of ether oxygens (including phenoxy) is 1. The van der Waals surface area contributed by atoms with Gasteiger partial charge in [0.2, 0.25) is 0 Å². The Kier molecular flexibility index (Phi) is 6.79. The molecule has 1 amide bonds. The van der Waals surface area contributed by atoms with Crippen molar-refractivity contribution in [3.63, 3.8) is 0 Å². The number of esters is 1. The van der Waals surface area contributed by atoms with Crippen LogP contribution >= 0.6 is 35.0 Å². The Morgan fingerprint density at radius 3 is 2.50 bits per heavy atom. The van der Waals surface area contributed by atoms with Gasteiger partial charge in [-0.2, -0.15) is 0 Å². The Morgan fingerprint density at radius 2 is 1.92 bits per heavy atom. The van der Waals surface area contributed by atoms with Crippen LogP contribution < -0.4 is 5.32 Å². The smallest absolute Gasteiger partial charge is 0.316 e. The second-order valence-electron chi connectivity index (χ2n) is 5.20. The summed E-state index contributed by atoms with van der Waals surface area (Å²) in [6.07, 6.45) is 0.538. The lowest BCUT2D eigenvalue weighted by Crippen LogP contribution is -2.22. The van der Waals surface area contributed by atoms with Crippen molar-refractivity contribution in [2.45, 2.75) is 11.7 Å². The molecule has 0 aromatic heterocycles. The van der Waals surface area contributed by atoms with Crippen molar-refractivity contribution in [2.75, 3.05) is 29.2 Å². The van der Waals surface area contributed by atoms with E-state index < -0.39 is 28.3 Å². The number of anilines is 1. The number of halogens is 2. The summed E-state index contributed by atoms with van der Waals surface area (Å²) < 4.78 is 27.5. The molecular weight excluding hydrogens is 397 g/mol. The molecule has 1 N–H and O–H groups in total. The molecule has 1 heterocycles. The molecule has 1 aliphatic rings. The standard InChI is InChI=1S/C14H15Cl2NO5S2/c15-9-3-10(16)5-11(4-9)17-13(18)6-22-14(19)7-23-12-1-2-24(20,21)8-12/h3-5,12H,1-2,6-8H2,(H,17,18)/t12-/m0/s1. The largest absolute Gasteiger partial charge is 0.455 e. The molecule has 132 valence electrons. The molecular formula is C14H15Cl2NO5S2. The lowest BCUT2D eigenvalue weighted by atomic mass is 10.3. The molecule has 24 heavy (non-hydrogen) atoms. The molecule has 0 spiro atoms. The lowest BCUT2D eigenvalue weighted by molar-refractivity contribution is -0.144. The average molecular weight is 412 g/mol. The van der Waals surface area contributed by atoms with E-state index in [1.807, 2.05) is 0 Å². The van der Waals surface area contributed by atoms with E-state index in [1.54, 1.807) is 0 Å². The molecule has 0 bridgehead atoms. The fraction of sp³-hybridized carbons (Fsp3) is 0.429. The number of amides is 1. The van der Waals surface area contributed by atoms with Crippen molar-refractivity contribution in [3.05, 3.63) is 28.2 Å². The summed E-state index contributed by atoms with van der Waals surface area (Å²) in [5.74, 6) is -0.833. The van der Waals surface area contributed by atoms with Crippen molar-refractivity contribution in [3.8, 4) is 0 Å². The highest BCUT2D eigenvalue weighted by atomic mass is 35.5. The summed E-state index contributed by atoms with van der Waals surface area (Å²) >= 11 is 12.9. The molecule has 0 radical (unpaired) electrons. The van der Waals surface area contributed by atoms with Crippen LogP contribution in [0.1, 0.15) is 6.42 Å². The Hall–Kier alpha value is -0.960. The van der Waals surface area contributed by atoms with Crippen LogP contribution in [0, 0.1) is 0 Å². The Bertz CT molecular complexity index is 718. The number of hydrogen-bond acceptors (Lipinski definition) is 6. The summed E-state index contributed by atoms with van der Waals surface area (Å²) in [7, 11) is -2.97. The number of thioether (sulfide) groups is 1. The van der Waals surface area contributed by atoms with Crippen LogP contribution in [0.2, 0.25) is 10.0 Å². The minimum atomic E-state index is -2.97. The van der Waals surface area contributed by atoms with E-state index in [4.69, 9.17) is 27.9 Å². The van der Waals surface area contributed by atoms with Crippen LogP contribution in [0.4, 0.5) is 5.69 Å². The second-order valence-corrected chi connectivity index (χ2v) is 9.59. The molecule has 0 aliphatic carbocycles. The number of carbonyl (C=O) groups excluding carboxylic acids is 2. The monoisotopic (exact) mass is 411 g/mol. The topological polar surface area (TPSA) is 89.5 Å². The first-order chi connectivity index (χ1) is 11.2. The number of carbonyl (C=O) groups is 2. The normalized spacial score (nSPS) is 19.0. The molecule has 1 fully saturated rings. The van der Waals surface area contributed by atoms with Gasteiger partial charge in [-0.25, -0.2) is 8.42 Å². The summed E-state index contributed by atoms with van der Waals surface area (Å²) in [6, 6.07) is 4.56. The van der Waals surface area contributed by atoms with Gasteiger partial charge in [-0.05, 0) is 24.6 Å². The third-order valence-electron chi connectivity index (χ3n) is 3.14. The van der Waals surface area contributed by atoms with Gasteiger partial charge < -0.3 is 10.1 Å². The first kappa shape index (κ1) is 19.4. The van der Waals surface area contributed by atoms with Gasteiger partial charge in [0.15, 0.2) is 16.4 Å². The van der Waals surface area contributed by atoms with E-state index in [2.05, 4.69) is 5.32 Å². The molecule has 1 aliphatic heterocycles. The maximum absolute atomic E-state index is 11.7. The van der Waals surface area contributed by atoms with E-state index in [9.17, 15) is 18.0 Å². The van der Waals surface area contributed by atoms with Gasteiger partial charge in [0.25, 0.3) is 5.91 Å². The van der Waals surface area contributed by atoms with E-state index in [0.29, 0.717) is 22.2 Å². The zero-order valence-electron chi connectivity index (χ0n) is 12.5.